The van der Waals surface area contributed by atoms with E-state index < -0.39 is 17.8 Å². The highest BCUT2D eigenvalue weighted by molar-refractivity contribution is 6.31. The summed E-state index contributed by atoms with van der Waals surface area (Å²) < 4.78 is 1.85. The normalized spacial score (nSPS) is 14.7. The maximum Gasteiger partial charge on any atom is 0.329 e. The summed E-state index contributed by atoms with van der Waals surface area (Å²) in [6.45, 7) is 3.44. The highest BCUT2D eigenvalue weighted by Gasteiger charge is 2.35. The van der Waals surface area contributed by atoms with Crippen molar-refractivity contribution in [3.8, 4) is 5.69 Å². The van der Waals surface area contributed by atoms with E-state index in [9.17, 15) is 14.4 Å². The number of imide groups is 1. The molecule has 8 heteroatoms. The number of carbonyl (C=O) groups excluding carboxylic acids is 3. The van der Waals surface area contributed by atoms with E-state index in [4.69, 9.17) is 11.6 Å². The van der Waals surface area contributed by atoms with Gasteiger partial charge in [-0.25, -0.2) is 9.69 Å². The fourth-order valence-corrected chi connectivity index (χ4v) is 3.58. The number of hydrogen-bond donors (Lipinski definition) is 2. The zero-order chi connectivity index (χ0) is 22.8. The van der Waals surface area contributed by atoms with Gasteiger partial charge in [-0.1, -0.05) is 29.8 Å². The Morgan fingerprint density at radius 2 is 1.91 bits per heavy atom. The lowest BCUT2D eigenvalue weighted by atomic mass is 10.2. The quantitative estimate of drug-likeness (QED) is 0.451. The van der Waals surface area contributed by atoms with Crippen molar-refractivity contribution < 1.29 is 14.4 Å². The highest BCUT2D eigenvalue weighted by Crippen LogP contribution is 2.23. The largest absolute Gasteiger partial charge is 0.329 e. The third-order valence-corrected chi connectivity index (χ3v) is 5.48. The molecule has 0 saturated carbocycles. The van der Waals surface area contributed by atoms with Crippen molar-refractivity contribution in [2.45, 2.75) is 13.8 Å². The first-order valence-corrected chi connectivity index (χ1v) is 10.3. The van der Waals surface area contributed by atoms with Gasteiger partial charge in [0.15, 0.2) is 0 Å². The lowest BCUT2D eigenvalue weighted by Crippen LogP contribution is -2.38. The van der Waals surface area contributed by atoms with Crippen LogP contribution in [0.3, 0.4) is 0 Å². The smallest absolute Gasteiger partial charge is 0.325 e. The Hall–Kier alpha value is -3.84. The summed E-state index contributed by atoms with van der Waals surface area (Å²) in [7, 11) is 0. The van der Waals surface area contributed by atoms with Crippen molar-refractivity contribution in [3.63, 3.8) is 0 Å². The van der Waals surface area contributed by atoms with E-state index in [0.717, 1.165) is 21.7 Å². The average molecular weight is 449 g/mol. The van der Waals surface area contributed by atoms with Crippen LogP contribution in [0.15, 0.2) is 66.5 Å². The molecule has 3 aromatic rings. The first kappa shape index (κ1) is 21.4. The summed E-state index contributed by atoms with van der Waals surface area (Å²) in [5, 5.41) is 5.88. The summed E-state index contributed by atoms with van der Waals surface area (Å²) in [4.78, 5) is 38.4. The summed E-state index contributed by atoms with van der Waals surface area (Å²) in [5.74, 6) is -1.03. The Morgan fingerprint density at radius 3 is 2.66 bits per heavy atom. The van der Waals surface area contributed by atoms with Gasteiger partial charge < -0.3 is 15.2 Å². The van der Waals surface area contributed by atoms with E-state index >= 15 is 0 Å². The first-order chi connectivity index (χ1) is 15.3. The number of nitrogens with one attached hydrogen (secondary N) is 2. The number of aryl methyl sites for hydroxylation is 2. The van der Waals surface area contributed by atoms with Crippen LogP contribution in [0.2, 0.25) is 5.02 Å². The molecule has 0 spiro atoms. The second-order valence-electron chi connectivity index (χ2n) is 7.53. The molecular formula is C24H21ClN4O3. The number of hydrogen-bond acceptors (Lipinski definition) is 3. The number of aromatic nitrogens is 1. The van der Waals surface area contributed by atoms with Gasteiger partial charge in [0.05, 0.1) is 0 Å². The van der Waals surface area contributed by atoms with Gasteiger partial charge in [0, 0.05) is 28.3 Å². The van der Waals surface area contributed by atoms with Crippen molar-refractivity contribution in [2.24, 2.45) is 0 Å². The van der Waals surface area contributed by atoms with Gasteiger partial charge in [-0.3, -0.25) is 9.59 Å². The molecule has 0 unspecified atom stereocenters. The van der Waals surface area contributed by atoms with Gasteiger partial charge in [-0.2, -0.15) is 0 Å². The summed E-state index contributed by atoms with van der Waals surface area (Å²) in [5.41, 5.74) is 4.15. The summed E-state index contributed by atoms with van der Waals surface area (Å²) >= 11 is 6.25. The molecule has 0 radical (unpaired) electrons. The molecule has 2 N–H and O–H groups in total. The topological polar surface area (TPSA) is 83.4 Å². The minimum Gasteiger partial charge on any atom is -0.325 e. The zero-order valence-corrected chi connectivity index (χ0v) is 18.3. The van der Waals surface area contributed by atoms with Crippen LogP contribution >= 0.6 is 11.6 Å². The molecule has 1 aromatic heterocycles. The minimum absolute atomic E-state index is 0.0940. The Bertz CT molecular complexity index is 1260. The van der Waals surface area contributed by atoms with Gasteiger partial charge in [0.2, 0.25) is 5.91 Å². The maximum absolute atomic E-state index is 12.8. The van der Waals surface area contributed by atoms with E-state index in [-0.39, 0.29) is 12.2 Å². The van der Waals surface area contributed by atoms with E-state index in [2.05, 4.69) is 10.6 Å². The standard InChI is InChI=1S/C24H21ClN4O3/c1-15-5-3-6-17(11-15)26-22(30)14-29-23(31)21(27-24(29)32)13-18-7-4-10-28(18)19-9-8-16(2)20(25)12-19/h3-13H,14H2,1-2H3,(H,26,30)(H,27,32). The Balaban J connectivity index is 1.51. The summed E-state index contributed by atoms with van der Waals surface area (Å²) in [6, 6.07) is 15.9. The monoisotopic (exact) mass is 448 g/mol. The second kappa shape index (κ2) is 8.72. The molecule has 0 aliphatic carbocycles. The molecule has 4 amide bonds. The molecule has 1 saturated heterocycles. The van der Waals surface area contributed by atoms with Crippen LogP contribution in [-0.2, 0) is 9.59 Å². The van der Waals surface area contributed by atoms with Crippen LogP contribution < -0.4 is 10.6 Å². The van der Waals surface area contributed by atoms with Crippen LogP contribution in [0.4, 0.5) is 10.5 Å². The predicted molar refractivity (Wildman–Crippen MR) is 124 cm³/mol. The highest BCUT2D eigenvalue weighted by atomic mass is 35.5. The van der Waals surface area contributed by atoms with Gasteiger partial charge in [0.25, 0.3) is 5.91 Å². The minimum atomic E-state index is -0.642. The van der Waals surface area contributed by atoms with E-state index in [1.54, 1.807) is 18.2 Å². The molecule has 1 aliphatic heterocycles. The summed E-state index contributed by atoms with van der Waals surface area (Å²) in [6.07, 6.45) is 3.41. The van der Waals surface area contributed by atoms with Crippen molar-refractivity contribution >= 4 is 41.2 Å². The predicted octanol–water partition coefficient (Wildman–Crippen LogP) is 4.28. The zero-order valence-electron chi connectivity index (χ0n) is 17.6. The van der Waals surface area contributed by atoms with Gasteiger partial charge in [-0.15, -0.1) is 0 Å². The third kappa shape index (κ3) is 4.43. The number of urea groups is 1. The van der Waals surface area contributed by atoms with Crippen LogP contribution in [0.5, 0.6) is 0 Å². The molecule has 0 atom stereocenters. The molecule has 1 aliphatic rings. The fraction of sp³-hybridized carbons (Fsp3) is 0.125. The fourth-order valence-electron chi connectivity index (χ4n) is 3.41. The van der Waals surface area contributed by atoms with Crippen molar-refractivity contribution in [1.82, 2.24) is 14.8 Å². The number of anilines is 1. The Morgan fingerprint density at radius 1 is 1.09 bits per heavy atom. The molecule has 1 fully saturated rings. The van der Waals surface area contributed by atoms with Gasteiger partial charge in [0.1, 0.15) is 12.2 Å². The number of rotatable bonds is 5. The van der Waals surface area contributed by atoms with Crippen LogP contribution in [0.25, 0.3) is 11.8 Å². The molecule has 0 bridgehead atoms. The molecule has 32 heavy (non-hydrogen) atoms. The van der Waals surface area contributed by atoms with Crippen molar-refractivity contribution in [3.05, 3.63) is 88.3 Å². The second-order valence-corrected chi connectivity index (χ2v) is 7.94. The van der Waals surface area contributed by atoms with Gasteiger partial charge >= 0.3 is 6.03 Å². The Labute approximate surface area is 190 Å². The molecule has 4 rings (SSSR count). The Kier molecular flexibility index (Phi) is 5.83. The van der Waals surface area contributed by atoms with Crippen molar-refractivity contribution in [2.75, 3.05) is 11.9 Å². The lowest BCUT2D eigenvalue weighted by molar-refractivity contribution is -0.127. The molecule has 2 aromatic carbocycles. The molecule has 162 valence electrons. The average Bonchev–Trinajstić information content (AvgIpc) is 3.30. The van der Waals surface area contributed by atoms with Crippen LogP contribution in [0.1, 0.15) is 16.8 Å². The lowest BCUT2D eigenvalue weighted by Gasteiger charge is -2.12. The van der Waals surface area contributed by atoms with E-state index in [0.29, 0.717) is 16.4 Å². The third-order valence-electron chi connectivity index (χ3n) is 5.07. The molecule has 7 nitrogen and oxygen atoms in total. The number of halogens is 1. The van der Waals surface area contributed by atoms with E-state index in [1.165, 1.54) is 0 Å². The molecular weight excluding hydrogens is 428 g/mol. The van der Waals surface area contributed by atoms with Crippen LogP contribution in [-0.4, -0.2) is 33.9 Å². The van der Waals surface area contributed by atoms with Crippen molar-refractivity contribution in [1.29, 1.82) is 0 Å². The number of benzene rings is 2. The van der Waals surface area contributed by atoms with E-state index in [1.807, 2.05) is 67.1 Å². The maximum atomic E-state index is 12.8. The molecule has 2 heterocycles. The first-order valence-electron chi connectivity index (χ1n) is 9.97. The SMILES string of the molecule is Cc1cccc(NC(=O)CN2C(=O)NC(=Cc3cccn3-c3ccc(C)c(Cl)c3)C2=O)c1. The number of amides is 4. The number of nitrogens with zero attached hydrogens (tertiary/aromatic N) is 2. The van der Waals surface area contributed by atoms with Gasteiger partial charge in [-0.05, 0) is 67.4 Å². The van der Waals surface area contributed by atoms with Crippen LogP contribution in [0, 0.1) is 13.8 Å². The number of carbonyl (C=O) groups is 3.